The summed E-state index contributed by atoms with van der Waals surface area (Å²) in [4.78, 5) is 14.4. The van der Waals surface area contributed by atoms with Crippen LogP contribution in [0.3, 0.4) is 0 Å². The molecule has 1 saturated heterocycles. The predicted molar refractivity (Wildman–Crippen MR) is 88.0 cm³/mol. The number of aliphatic hydroxyl groups excluding tert-OH is 1. The third kappa shape index (κ3) is 3.43. The molecule has 4 nitrogen and oxygen atoms in total. The molecule has 0 bridgehead atoms. The number of anilines is 1. The molecule has 22 heavy (non-hydrogen) atoms. The maximum Gasteiger partial charge on any atom is 0.254 e. The zero-order chi connectivity index (χ0) is 15.5. The lowest BCUT2D eigenvalue weighted by Crippen LogP contribution is -2.42. The quantitative estimate of drug-likeness (QED) is 0.902. The van der Waals surface area contributed by atoms with Crippen molar-refractivity contribution in [1.29, 1.82) is 0 Å². The molecule has 1 aliphatic heterocycles. The number of β-amino-alcohol motifs (C(OH)–C–C–N with tert-alkyl or cyclic N) is 1. The van der Waals surface area contributed by atoms with Gasteiger partial charge in [-0.15, -0.1) is 0 Å². The van der Waals surface area contributed by atoms with E-state index in [4.69, 9.17) is 0 Å². The maximum atomic E-state index is 12.6. The molecule has 0 spiro atoms. The smallest absolute Gasteiger partial charge is 0.254 e. The van der Waals surface area contributed by atoms with Crippen molar-refractivity contribution in [2.75, 3.05) is 18.4 Å². The van der Waals surface area contributed by atoms with Gasteiger partial charge >= 0.3 is 0 Å². The Bertz CT molecular complexity index is 532. The number of nitrogens with zero attached hydrogens (tertiary/aromatic N) is 1. The molecule has 0 radical (unpaired) electrons. The SMILES string of the molecule is CC1CCCC1Nc1cccc(C(=O)N2CCCC(O)C2)c1. The Morgan fingerprint density at radius 3 is 2.86 bits per heavy atom. The molecule has 1 aliphatic carbocycles. The third-order valence-corrected chi connectivity index (χ3v) is 5.01. The molecule has 1 heterocycles. The van der Waals surface area contributed by atoms with E-state index in [9.17, 15) is 9.90 Å². The molecule has 2 fully saturated rings. The number of benzene rings is 1. The van der Waals surface area contributed by atoms with Crippen LogP contribution in [0.4, 0.5) is 5.69 Å². The number of likely N-dealkylation sites (tertiary alicyclic amines) is 1. The molecule has 2 aliphatic rings. The fourth-order valence-electron chi connectivity index (χ4n) is 3.64. The highest BCUT2D eigenvalue weighted by atomic mass is 16.3. The molecular weight excluding hydrogens is 276 g/mol. The Hall–Kier alpha value is -1.55. The molecule has 1 aromatic carbocycles. The van der Waals surface area contributed by atoms with E-state index < -0.39 is 0 Å². The topological polar surface area (TPSA) is 52.6 Å². The number of piperidine rings is 1. The second kappa shape index (κ2) is 6.69. The molecule has 1 saturated carbocycles. The fraction of sp³-hybridized carbons (Fsp3) is 0.611. The third-order valence-electron chi connectivity index (χ3n) is 5.01. The molecule has 3 atom stereocenters. The highest BCUT2D eigenvalue weighted by molar-refractivity contribution is 5.95. The summed E-state index contributed by atoms with van der Waals surface area (Å²) in [7, 11) is 0. The summed E-state index contributed by atoms with van der Waals surface area (Å²) in [5.74, 6) is 0.721. The van der Waals surface area contributed by atoms with Gasteiger partial charge in [-0.3, -0.25) is 4.79 Å². The summed E-state index contributed by atoms with van der Waals surface area (Å²) in [5, 5.41) is 13.3. The van der Waals surface area contributed by atoms with Crippen LogP contribution < -0.4 is 5.32 Å². The highest BCUT2D eigenvalue weighted by Crippen LogP contribution is 2.28. The van der Waals surface area contributed by atoms with Crippen molar-refractivity contribution in [2.24, 2.45) is 5.92 Å². The Morgan fingerprint density at radius 2 is 2.14 bits per heavy atom. The summed E-state index contributed by atoms with van der Waals surface area (Å²) < 4.78 is 0. The number of carbonyl (C=O) groups is 1. The molecule has 4 heteroatoms. The maximum absolute atomic E-state index is 12.6. The summed E-state index contributed by atoms with van der Waals surface area (Å²) in [6.45, 7) is 3.48. The number of hydrogen-bond donors (Lipinski definition) is 2. The van der Waals surface area contributed by atoms with Crippen LogP contribution in [-0.4, -0.2) is 41.1 Å². The van der Waals surface area contributed by atoms with Crippen LogP contribution in [-0.2, 0) is 0 Å². The monoisotopic (exact) mass is 302 g/mol. The van der Waals surface area contributed by atoms with Gasteiger partial charge in [-0.25, -0.2) is 0 Å². The number of aliphatic hydroxyl groups is 1. The average molecular weight is 302 g/mol. The molecule has 3 unspecified atom stereocenters. The fourth-order valence-corrected chi connectivity index (χ4v) is 3.64. The summed E-state index contributed by atoms with van der Waals surface area (Å²) in [6.07, 6.45) is 5.07. The zero-order valence-corrected chi connectivity index (χ0v) is 13.3. The standard InChI is InChI=1S/C18H26N2O2/c1-13-5-2-9-17(13)19-15-7-3-6-14(11-15)18(22)20-10-4-8-16(21)12-20/h3,6-7,11,13,16-17,19,21H,2,4-5,8-10,12H2,1H3. The van der Waals surface area contributed by atoms with Gasteiger partial charge in [0, 0.05) is 30.4 Å². The van der Waals surface area contributed by atoms with Crippen LogP contribution in [0.15, 0.2) is 24.3 Å². The predicted octanol–water partition coefficient (Wildman–Crippen LogP) is 2.88. The van der Waals surface area contributed by atoms with Gasteiger partial charge < -0.3 is 15.3 Å². The van der Waals surface area contributed by atoms with E-state index in [1.807, 2.05) is 24.3 Å². The van der Waals surface area contributed by atoms with Crippen LogP contribution in [0, 0.1) is 5.92 Å². The second-order valence-corrected chi connectivity index (χ2v) is 6.79. The Balaban J connectivity index is 1.69. The van der Waals surface area contributed by atoms with Gasteiger partial charge in [0.15, 0.2) is 0 Å². The number of hydrogen-bond acceptors (Lipinski definition) is 3. The van der Waals surface area contributed by atoms with Gasteiger partial charge in [-0.2, -0.15) is 0 Å². The molecule has 120 valence electrons. The molecule has 1 amide bonds. The van der Waals surface area contributed by atoms with E-state index in [2.05, 4.69) is 12.2 Å². The van der Waals surface area contributed by atoms with E-state index in [0.29, 0.717) is 24.1 Å². The first-order valence-electron chi connectivity index (χ1n) is 8.47. The lowest BCUT2D eigenvalue weighted by atomic mass is 10.0. The molecular formula is C18H26N2O2. The van der Waals surface area contributed by atoms with Crippen LogP contribution in [0.2, 0.25) is 0 Å². The summed E-state index contributed by atoms with van der Waals surface area (Å²) >= 11 is 0. The van der Waals surface area contributed by atoms with Gasteiger partial charge in [0.25, 0.3) is 5.91 Å². The number of rotatable bonds is 3. The Labute approximate surface area is 132 Å². The average Bonchev–Trinajstić information content (AvgIpc) is 2.92. The zero-order valence-electron chi connectivity index (χ0n) is 13.3. The molecule has 0 aromatic heterocycles. The van der Waals surface area contributed by atoms with E-state index in [1.54, 1.807) is 4.90 Å². The highest BCUT2D eigenvalue weighted by Gasteiger charge is 2.25. The van der Waals surface area contributed by atoms with Crippen LogP contribution in [0.25, 0.3) is 0 Å². The summed E-state index contributed by atoms with van der Waals surface area (Å²) in [6, 6.07) is 8.31. The normalized spacial score (nSPS) is 28.6. The summed E-state index contributed by atoms with van der Waals surface area (Å²) in [5.41, 5.74) is 1.74. The van der Waals surface area contributed by atoms with Crippen molar-refractivity contribution in [3.05, 3.63) is 29.8 Å². The Morgan fingerprint density at radius 1 is 1.27 bits per heavy atom. The number of carbonyl (C=O) groups excluding carboxylic acids is 1. The van der Waals surface area contributed by atoms with E-state index >= 15 is 0 Å². The minimum atomic E-state index is -0.377. The van der Waals surface area contributed by atoms with Crippen molar-refractivity contribution >= 4 is 11.6 Å². The van der Waals surface area contributed by atoms with Gasteiger partial charge in [0.2, 0.25) is 0 Å². The van der Waals surface area contributed by atoms with Crippen molar-refractivity contribution in [2.45, 2.75) is 51.2 Å². The van der Waals surface area contributed by atoms with Crippen molar-refractivity contribution in [3.63, 3.8) is 0 Å². The molecule has 3 rings (SSSR count). The lowest BCUT2D eigenvalue weighted by molar-refractivity contribution is 0.0474. The molecule has 2 N–H and O–H groups in total. The number of amides is 1. The van der Waals surface area contributed by atoms with E-state index in [1.165, 1.54) is 19.3 Å². The minimum Gasteiger partial charge on any atom is -0.391 e. The first kappa shape index (κ1) is 15.3. The van der Waals surface area contributed by atoms with E-state index in [-0.39, 0.29) is 12.0 Å². The van der Waals surface area contributed by atoms with Crippen LogP contribution in [0.1, 0.15) is 49.4 Å². The largest absolute Gasteiger partial charge is 0.391 e. The first-order valence-corrected chi connectivity index (χ1v) is 8.47. The van der Waals surface area contributed by atoms with Gasteiger partial charge in [-0.05, 0) is 49.8 Å². The first-order chi connectivity index (χ1) is 10.6. The van der Waals surface area contributed by atoms with Gasteiger partial charge in [0.05, 0.1) is 6.10 Å². The number of nitrogens with one attached hydrogen (secondary N) is 1. The van der Waals surface area contributed by atoms with Crippen molar-refractivity contribution in [1.82, 2.24) is 4.90 Å². The Kier molecular flexibility index (Phi) is 4.67. The minimum absolute atomic E-state index is 0.0295. The van der Waals surface area contributed by atoms with Gasteiger partial charge in [-0.1, -0.05) is 19.4 Å². The lowest BCUT2D eigenvalue weighted by Gasteiger charge is -2.30. The van der Waals surface area contributed by atoms with Crippen LogP contribution >= 0.6 is 0 Å². The van der Waals surface area contributed by atoms with Crippen LogP contribution in [0.5, 0.6) is 0 Å². The second-order valence-electron chi connectivity index (χ2n) is 6.79. The van der Waals surface area contributed by atoms with Crippen molar-refractivity contribution in [3.8, 4) is 0 Å². The van der Waals surface area contributed by atoms with Gasteiger partial charge in [0.1, 0.15) is 0 Å². The molecule has 1 aromatic rings. The van der Waals surface area contributed by atoms with Crippen molar-refractivity contribution < 1.29 is 9.90 Å². The van der Waals surface area contributed by atoms with E-state index in [0.717, 1.165) is 25.1 Å².